The van der Waals surface area contributed by atoms with E-state index in [4.69, 9.17) is 23.2 Å². The summed E-state index contributed by atoms with van der Waals surface area (Å²) in [7, 11) is 0. The normalized spacial score (nSPS) is 14.1. The Kier molecular flexibility index (Phi) is 5.15. The third-order valence-corrected chi connectivity index (χ3v) is 5.77. The third kappa shape index (κ3) is 3.65. The van der Waals surface area contributed by atoms with Gasteiger partial charge in [-0.15, -0.1) is 0 Å². The Morgan fingerprint density at radius 1 is 1.18 bits per heavy atom. The Labute approximate surface area is 172 Å². The van der Waals surface area contributed by atoms with Gasteiger partial charge >= 0.3 is 0 Å². The number of hydrogen-bond donors (Lipinski definition) is 2. The van der Waals surface area contributed by atoms with Crippen molar-refractivity contribution in [2.45, 2.75) is 19.9 Å². The lowest BCUT2D eigenvalue weighted by Crippen LogP contribution is -2.39. The number of H-pyrrole nitrogens is 1. The van der Waals surface area contributed by atoms with Crippen molar-refractivity contribution < 1.29 is 4.79 Å². The number of aryl methyl sites for hydroxylation is 1. The van der Waals surface area contributed by atoms with E-state index in [-0.39, 0.29) is 17.9 Å². The van der Waals surface area contributed by atoms with Crippen molar-refractivity contribution >= 4 is 45.7 Å². The molecule has 2 aromatic carbocycles. The highest BCUT2D eigenvalue weighted by molar-refractivity contribution is 6.32. The number of halogens is 2. The molecular formula is C21H19Cl2N3O2. The first kappa shape index (κ1) is 19.0. The van der Waals surface area contributed by atoms with E-state index >= 15 is 0 Å². The molecule has 3 aromatic rings. The largest absolute Gasteiger partial charge is 0.358 e. The fourth-order valence-electron chi connectivity index (χ4n) is 3.59. The van der Waals surface area contributed by atoms with E-state index in [1.54, 1.807) is 36.4 Å². The zero-order chi connectivity index (χ0) is 19.8. The highest BCUT2D eigenvalue weighted by Gasteiger charge is 2.23. The maximum absolute atomic E-state index is 13.0. The molecule has 2 heterocycles. The Balaban J connectivity index is 1.54. The van der Waals surface area contributed by atoms with Crippen molar-refractivity contribution in [3.05, 3.63) is 73.5 Å². The van der Waals surface area contributed by atoms with Crippen molar-refractivity contribution in [2.75, 3.05) is 18.4 Å². The van der Waals surface area contributed by atoms with Crippen molar-refractivity contribution in [2.24, 2.45) is 0 Å². The Hall–Kier alpha value is -2.34. The second kappa shape index (κ2) is 7.59. The first-order valence-electron chi connectivity index (χ1n) is 9.03. The minimum atomic E-state index is -0.120. The topological polar surface area (TPSA) is 65.2 Å². The first-order valence-corrected chi connectivity index (χ1v) is 9.78. The molecule has 0 spiro atoms. The van der Waals surface area contributed by atoms with Crippen LogP contribution in [0, 0.1) is 6.92 Å². The number of nitrogens with zero attached hydrogens (tertiary/aromatic N) is 1. The van der Waals surface area contributed by atoms with Gasteiger partial charge in [0.1, 0.15) is 0 Å². The van der Waals surface area contributed by atoms with Crippen LogP contribution in [0.4, 0.5) is 5.69 Å². The van der Waals surface area contributed by atoms with Gasteiger partial charge in [0.05, 0.1) is 12.1 Å². The molecule has 2 N–H and O–H groups in total. The predicted molar refractivity (Wildman–Crippen MR) is 113 cm³/mol. The highest BCUT2D eigenvalue weighted by atomic mass is 35.5. The fraction of sp³-hybridized carbons (Fsp3) is 0.238. The number of aromatic amines is 1. The number of carbonyl (C=O) groups is 1. The summed E-state index contributed by atoms with van der Waals surface area (Å²) < 4.78 is 0. The fourth-order valence-corrected chi connectivity index (χ4v) is 3.87. The lowest BCUT2D eigenvalue weighted by molar-refractivity contribution is -0.117. The summed E-state index contributed by atoms with van der Waals surface area (Å²) in [6.45, 7) is 3.26. The van der Waals surface area contributed by atoms with Crippen LogP contribution in [0.25, 0.3) is 10.9 Å². The van der Waals surface area contributed by atoms with E-state index in [1.165, 1.54) is 0 Å². The van der Waals surface area contributed by atoms with E-state index in [2.05, 4.69) is 10.3 Å². The number of pyridine rings is 1. The van der Waals surface area contributed by atoms with Gasteiger partial charge in [-0.3, -0.25) is 14.5 Å². The van der Waals surface area contributed by atoms with Crippen LogP contribution in [0.1, 0.15) is 16.8 Å². The number of carbonyl (C=O) groups excluding carboxylic acids is 1. The van der Waals surface area contributed by atoms with Gasteiger partial charge in [0, 0.05) is 51.9 Å². The Bertz CT molecular complexity index is 1120. The van der Waals surface area contributed by atoms with Crippen LogP contribution < -0.4 is 10.7 Å². The molecule has 0 atom stereocenters. The van der Waals surface area contributed by atoms with Crippen LogP contribution in [-0.4, -0.2) is 28.9 Å². The molecule has 1 aliphatic heterocycles. The van der Waals surface area contributed by atoms with Crippen LogP contribution in [0.15, 0.2) is 41.2 Å². The van der Waals surface area contributed by atoms with Gasteiger partial charge in [0.15, 0.2) is 5.43 Å². The molecule has 144 valence electrons. The van der Waals surface area contributed by atoms with Gasteiger partial charge in [-0.25, -0.2) is 0 Å². The number of aromatic nitrogens is 1. The molecule has 1 aromatic heterocycles. The summed E-state index contributed by atoms with van der Waals surface area (Å²) in [5, 5.41) is 4.75. The Morgan fingerprint density at radius 3 is 2.68 bits per heavy atom. The van der Waals surface area contributed by atoms with Gasteiger partial charge in [-0.2, -0.15) is 0 Å². The van der Waals surface area contributed by atoms with Gasteiger partial charge in [0.2, 0.25) is 5.91 Å². The molecular weight excluding hydrogens is 397 g/mol. The molecule has 1 aliphatic rings. The van der Waals surface area contributed by atoms with Crippen LogP contribution >= 0.6 is 23.2 Å². The van der Waals surface area contributed by atoms with E-state index in [0.717, 1.165) is 22.3 Å². The molecule has 7 heteroatoms. The third-order valence-electron chi connectivity index (χ3n) is 5.11. The number of amides is 1. The van der Waals surface area contributed by atoms with Crippen molar-refractivity contribution in [3.8, 4) is 0 Å². The number of anilines is 1. The summed E-state index contributed by atoms with van der Waals surface area (Å²) in [4.78, 5) is 30.7. The van der Waals surface area contributed by atoms with Crippen LogP contribution in [0.5, 0.6) is 0 Å². The molecule has 1 amide bonds. The second-order valence-electron chi connectivity index (χ2n) is 7.02. The zero-order valence-corrected chi connectivity index (χ0v) is 16.8. The number of fused-ring (bicyclic) bond motifs is 2. The van der Waals surface area contributed by atoms with Crippen molar-refractivity contribution in [1.29, 1.82) is 0 Å². The maximum atomic E-state index is 13.0. The smallest absolute Gasteiger partial charge is 0.238 e. The molecule has 0 saturated heterocycles. The van der Waals surface area contributed by atoms with E-state index < -0.39 is 0 Å². The molecule has 5 nitrogen and oxygen atoms in total. The second-order valence-corrected chi connectivity index (χ2v) is 7.87. The molecule has 0 unspecified atom stereocenters. The summed E-state index contributed by atoms with van der Waals surface area (Å²) >= 11 is 12.1. The predicted octanol–water partition coefficient (Wildman–Crippen LogP) is 4.14. The summed E-state index contributed by atoms with van der Waals surface area (Å²) in [6.07, 6.45) is 0.681. The Morgan fingerprint density at radius 2 is 1.93 bits per heavy atom. The van der Waals surface area contributed by atoms with Gasteiger partial charge in [-0.05, 0) is 48.9 Å². The number of nitrogens with one attached hydrogen (secondary N) is 2. The van der Waals surface area contributed by atoms with Crippen LogP contribution in [-0.2, 0) is 17.8 Å². The van der Waals surface area contributed by atoms with E-state index in [1.807, 2.05) is 11.8 Å². The quantitative estimate of drug-likeness (QED) is 0.675. The molecule has 0 radical (unpaired) electrons. The number of benzene rings is 2. The maximum Gasteiger partial charge on any atom is 0.238 e. The first-order chi connectivity index (χ1) is 13.4. The summed E-state index contributed by atoms with van der Waals surface area (Å²) in [5.41, 5.74) is 4.03. The SMILES string of the molecule is Cc1c(Cl)ccc2c(=O)c3c([nH]c12)CCN(CC(=O)Nc1ccc(Cl)cc1)C3. The molecule has 0 aliphatic carbocycles. The van der Waals surface area contributed by atoms with Gasteiger partial charge in [0.25, 0.3) is 0 Å². The van der Waals surface area contributed by atoms with Gasteiger partial charge < -0.3 is 10.3 Å². The van der Waals surface area contributed by atoms with E-state index in [0.29, 0.717) is 40.6 Å². The lowest BCUT2D eigenvalue weighted by Gasteiger charge is -2.28. The minimum absolute atomic E-state index is 0.00586. The molecule has 28 heavy (non-hydrogen) atoms. The summed E-state index contributed by atoms with van der Waals surface area (Å²) in [5.74, 6) is -0.120. The minimum Gasteiger partial charge on any atom is -0.358 e. The molecule has 0 fully saturated rings. The molecule has 4 rings (SSSR count). The molecule has 0 bridgehead atoms. The van der Waals surface area contributed by atoms with E-state index in [9.17, 15) is 9.59 Å². The lowest BCUT2D eigenvalue weighted by atomic mass is 10.0. The average Bonchev–Trinajstić information content (AvgIpc) is 2.67. The standard InChI is InChI=1S/C21H19Cl2N3O2/c1-12-17(23)7-6-15-20(12)25-18-8-9-26(10-16(18)21(15)28)11-19(27)24-14-4-2-13(22)3-5-14/h2-7H,8-11H2,1H3,(H,24,27)(H,25,28). The van der Waals surface area contributed by atoms with Crippen molar-refractivity contribution in [1.82, 2.24) is 9.88 Å². The number of hydrogen-bond acceptors (Lipinski definition) is 3. The average molecular weight is 416 g/mol. The summed E-state index contributed by atoms with van der Waals surface area (Å²) in [6, 6.07) is 10.5. The van der Waals surface area contributed by atoms with Crippen LogP contribution in [0.2, 0.25) is 10.0 Å². The molecule has 0 saturated carbocycles. The van der Waals surface area contributed by atoms with Gasteiger partial charge in [-0.1, -0.05) is 23.2 Å². The van der Waals surface area contributed by atoms with Crippen molar-refractivity contribution in [3.63, 3.8) is 0 Å². The zero-order valence-electron chi connectivity index (χ0n) is 15.3. The van der Waals surface area contributed by atoms with Crippen LogP contribution in [0.3, 0.4) is 0 Å². The number of rotatable bonds is 3. The monoisotopic (exact) mass is 415 g/mol. The highest BCUT2D eigenvalue weighted by Crippen LogP contribution is 2.25.